The lowest BCUT2D eigenvalue weighted by molar-refractivity contribution is 0.152. The molecule has 0 spiro atoms. The number of hydrogen-bond acceptors (Lipinski definition) is 3. The minimum absolute atomic E-state index is 0.440. The molecule has 0 atom stereocenters. The van der Waals surface area contributed by atoms with Crippen LogP contribution in [0, 0.1) is 11.8 Å². The summed E-state index contributed by atoms with van der Waals surface area (Å²) in [6.07, 6.45) is 0. The fourth-order valence-electron chi connectivity index (χ4n) is 1.57. The Morgan fingerprint density at radius 3 is 1.28 bits per heavy atom. The van der Waals surface area contributed by atoms with Crippen LogP contribution in [0.5, 0.6) is 0 Å². The first kappa shape index (κ1) is 18.3. The van der Waals surface area contributed by atoms with Gasteiger partial charge in [0.2, 0.25) is 0 Å². The smallest absolute Gasteiger partial charge is 0.259 e. The molecule has 0 aromatic rings. The normalized spacial score (nSPS) is 13.0. The van der Waals surface area contributed by atoms with E-state index in [0.717, 1.165) is 13.2 Å². The topological polar surface area (TPSA) is 21.7 Å². The number of nitrogens with zero attached hydrogens (tertiary/aromatic N) is 1. The molecule has 0 saturated heterocycles. The first-order chi connectivity index (χ1) is 8.25. The standard InChI is InChI=1S/C14H32NO2P/c1-11(2)9-16-18(17-10-12(3)4)15(13(5)6)14(7)8/h11-14H,9-10H2,1-8H3. The zero-order chi connectivity index (χ0) is 14.3. The lowest BCUT2D eigenvalue weighted by Gasteiger charge is -2.36. The van der Waals surface area contributed by atoms with Gasteiger partial charge in [0.1, 0.15) is 0 Å². The highest BCUT2D eigenvalue weighted by molar-refractivity contribution is 7.44. The van der Waals surface area contributed by atoms with E-state index in [1.165, 1.54) is 0 Å². The Labute approximate surface area is 115 Å². The van der Waals surface area contributed by atoms with E-state index in [4.69, 9.17) is 9.05 Å². The van der Waals surface area contributed by atoms with Crippen LogP contribution in [0.3, 0.4) is 0 Å². The van der Waals surface area contributed by atoms with Crippen LogP contribution < -0.4 is 0 Å². The number of rotatable bonds is 9. The first-order valence-corrected chi connectivity index (χ1v) is 8.22. The molecule has 0 aliphatic heterocycles. The Morgan fingerprint density at radius 2 is 1.06 bits per heavy atom. The lowest BCUT2D eigenvalue weighted by Crippen LogP contribution is -2.34. The van der Waals surface area contributed by atoms with Crippen molar-refractivity contribution in [2.45, 2.75) is 67.5 Å². The largest absolute Gasteiger partial charge is 0.322 e. The quantitative estimate of drug-likeness (QED) is 0.571. The Morgan fingerprint density at radius 1 is 0.722 bits per heavy atom. The van der Waals surface area contributed by atoms with Crippen molar-refractivity contribution in [3.8, 4) is 0 Å². The first-order valence-electron chi connectivity index (χ1n) is 7.09. The van der Waals surface area contributed by atoms with Gasteiger partial charge >= 0.3 is 0 Å². The van der Waals surface area contributed by atoms with E-state index < -0.39 is 8.53 Å². The minimum Gasteiger partial charge on any atom is -0.322 e. The van der Waals surface area contributed by atoms with Gasteiger partial charge in [-0.3, -0.25) is 0 Å². The van der Waals surface area contributed by atoms with Crippen LogP contribution in [0.25, 0.3) is 0 Å². The molecule has 0 saturated carbocycles. The Hall–Kier alpha value is 0.310. The molecule has 0 rings (SSSR count). The minimum atomic E-state index is -0.935. The Bertz CT molecular complexity index is 188. The van der Waals surface area contributed by atoms with Gasteiger partial charge in [-0.15, -0.1) is 0 Å². The van der Waals surface area contributed by atoms with Crippen molar-refractivity contribution >= 4 is 8.53 Å². The highest BCUT2D eigenvalue weighted by Gasteiger charge is 2.27. The van der Waals surface area contributed by atoms with Crippen LogP contribution in [0.4, 0.5) is 0 Å². The number of hydrogen-bond donors (Lipinski definition) is 0. The van der Waals surface area contributed by atoms with Gasteiger partial charge in [-0.1, -0.05) is 27.7 Å². The zero-order valence-electron chi connectivity index (χ0n) is 13.4. The van der Waals surface area contributed by atoms with E-state index in [2.05, 4.69) is 60.1 Å². The van der Waals surface area contributed by atoms with Crippen LogP contribution in [-0.2, 0) is 9.05 Å². The van der Waals surface area contributed by atoms with Crippen molar-refractivity contribution in [2.24, 2.45) is 11.8 Å². The van der Waals surface area contributed by atoms with Crippen molar-refractivity contribution in [2.75, 3.05) is 13.2 Å². The second-order valence-electron chi connectivity index (χ2n) is 6.18. The molecule has 0 aliphatic rings. The van der Waals surface area contributed by atoms with E-state index in [1.807, 2.05) is 0 Å². The summed E-state index contributed by atoms with van der Waals surface area (Å²) < 4.78 is 14.4. The molecule has 18 heavy (non-hydrogen) atoms. The molecule has 110 valence electrons. The summed E-state index contributed by atoms with van der Waals surface area (Å²) in [6, 6.07) is 0.880. The zero-order valence-corrected chi connectivity index (χ0v) is 14.3. The maximum atomic E-state index is 6.01. The van der Waals surface area contributed by atoms with Gasteiger partial charge in [0.05, 0.1) is 13.2 Å². The van der Waals surface area contributed by atoms with Crippen molar-refractivity contribution in [1.82, 2.24) is 4.67 Å². The Kier molecular flexibility index (Phi) is 9.41. The molecule has 0 aliphatic carbocycles. The predicted octanol–water partition coefficient (Wildman–Crippen LogP) is 4.68. The van der Waals surface area contributed by atoms with Crippen LogP contribution in [0.1, 0.15) is 55.4 Å². The van der Waals surface area contributed by atoms with E-state index in [1.54, 1.807) is 0 Å². The molecule has 0 unspecified atom stereocenters. The van der Waals surface area contributed by atoms with Crippen molar-refractivity contribution in [1.29, 1.82) is 0 Å². The second-order valence-corrected chi connectivity index (χ2v) is 7.64. The van der Waals surface area contributed by atoms with Gasteiger partial charge in [-0.05, 0) is 39.5 Å². The average molecular weight is 277 g/mol. The van der Waals surface area contributed by atoms with Gasteiger partial charge in [0, 0.05) is 12.1 Å². The third kappa shape index (κ3) is 7.68. The van der Waals surface area contributed by atoms with E-state index >= 15 is 0 Å². The summed E-state index contributed by atoms with van der Waals surface area (Å²) in [7, 11) is -0.935. The maximum absolute atomic E-state index is 6.01. The second kappa shape index (κ2) is 9.25. The SMILES string of the molecule is CC(C)COP(OCC(C)C)N(C(C)C)C(C)C. The highest BCUT2D eigenvalue weighted by atomic mass is 31.2. The molecule has 0 aromatic heterocycles. The molecular weight excluding hydrogens is 245 g/mol. The molecule has 0 radical (unpaired) electrons. The molecule has 0 aromatic carbocycles. The summed E-state index contributed by atoms with van der Waals surface area (Å²) >= 11 is 0. The average Bonchev–Trinajstić information content (AvgIpc) is 2.20. The molecule has 0 bridgehead atoms. The predicted molar refractivity (Wildman–Crippen MR) is 80.6 cm³/mol. The molecule has 4 heteroatoms. The maximum Gasteiger partial charge on any atom is 0.259 e. The van der Waals surface area contributed by atoms with Gasteiger partial charge in [0.15, 0.2) is 0 Å². The molecule has 3 nitrogen and oxygen atoms in total. The van der Waals surface area contributed by atoms with E-state index in [0.29, 0.717) is 23.9 Å². The monoisotopic (exact) mass is 277 g/mol. The van der Waals surface area contributed by atoms with E-state index in [-0.39, 0.29) is 0 Å². The Balaban J connectivity index is 4.58. The fraction of sp³-hybridized carbons (Fsp3) is 1.00. The summed E-state index contributed by atoms with van der Waals surface area (Å²) in [5, 5.41) is 0. The molecular formula is C14H32NO2P. The van der Waals surface area contributed by atoms with Gasteiger partial charge in [-0.2, -0.15) is 0 Å². The van der Waals surface area contributed by atoms with Crippen molar-refractivity contribution in [3.63, 3.8) is 0 Å². The van der Waals surface area contributed by atoms with Crippen LogP contribution in [0.15, 0.2) is 0 Å². The summed E-state index contributed by atoms with van der Waals surface area (Å²) in [4.78, 5) is 0. The summed E-state index contributed by atoms with van der Waals surface area (Å²) in [5.74, 6) is 1.08. The molecule has 0 heterocycles. The third-order valence-electron chi connectivity index (χ3n) is 2.28. The highest BCUT2D eigenvalue weighted by Crippen LogP contribution is 2.46. The van der Waals surface area contributed by atoms with Gasteiger partial charge in [0.25, 0.3) is 8.53 Å². The van der Waals surface area contributed by atoms with Crippen molar-refractivity contribution in [3.05, 3.63) is 0 Å². The molecule has 0 fully saturated rings. The van der Waals surface area contributed by atoms with Crippen LogP contribution in [0.2, 0.25) is 0 Å². The fourth-order valence-corrected chi connectivity index (χ4v) is 3.52. The van der Waals surface area contributed by atoms with E-state index in [9.17, 15) is 0 Å². The van der Waals surface area contributed by atoms with Crippen LogP contribution >= 0.6 is 8.53 Å². The summed E-state index contributed by atoms with van der Waals surface area (Å²) in [6.45, 7) is 19.0. The lowest BCUT2D eigenvalue weighted by atomic mass is 10.2. The molecule has 0 amide bonds. The summed E-state index contributed by atoms with van der Waals surface area (Å²) in [5.41, 5.74) is 0. The molecule has 0 N–H and O–H groups in total. The van der Waals surface area contributed by atoms with Crippen LogP contribution in [-0.4, -0.2) is 30.0 Å². The van der Waals surface area contributed by atoms with Crippen molar-refractivity contribution < 1.29 is 9.05 Å². The van der Waals surface area contributed by atoms with Gasteiger partial charge in [-0.25, -0.2) is 4.67 Å². The van der Waals surface area contributed by atoms with Gasteiger partial charge < -0.3 is 9.05 Å². The third-order valence-corrected chi connectivity index (χ3v) is 4.32.